The summed E-state index contributed by atoms with van der Waals surface area (Å²) in [6, 6.07) is 12.1. The normalized spacial score (nSPS) is 18.4. The van der Waals surface area contributed by atoms with Crippen LogP contribution in [0.4, 0.5) is 18.0 Å². The van der Waals surface area contributed by atoms with Crippen LogP contribution in [0.15, 0.2) is 48.5 Å². The molecule has 0 unspecified atom stereocenters. The summed E-state index contributed by atoms with van der Waals surface area (Å²) in [6.07, 6.45) is -3.37. The first-order valence-corrected chi connectivity index (χ1v) is 10.7. The van der Waals surface area contributed by atoms with E-state index in [0.29, 0.717) is 51.1 Å². The molecule has 0 aromatic heterocycles. The molecule has 2 aromatic rings. The number of piperidine rings is 1. The zero-order chi connectivity index (χ0) is 23.6. The van der Waals surface area contributed by atoms with E-state index in [-0.39, 0.29) is 6.09 Å². The monoisotopic (exact) mass is 462 g/mol. The Morgan fingerprint density at radius 1 is 1.00 bits per heavy atom. The van der Waals surface area contributed by atoms with Gasteiger partial charge in [-0.1, -0.05) is 24.3 Å². The van der Waals surface area contributed by atoms with Crippen LogP contribution in [0, 0.1) is 0 Å². The van der Waals surface area contributed by atoms with Crippen LogP contribution < -0.4 is 0 Å². The molecule has 2 saturated heterocycles. The quantitative estimate of drug-likeness (QED) is 0.614. The molecule has 0 saturated carbocycles. The zero-order valence-electron chi connectivity index (χ0n) is 18.2. The number of nitrogens with zero attached hydrogens (tertiary/aromatic N) is 2. The first-order chi connectivity index (χ1) is 15.7. The van der Waals surface area contributed by atoms with Crippen LogP contribution in [0.25, 0.3) is 0 Å². The van der Waals surface area contributed by atoms with Gasteiger partial charge in [-0.05, 0) is 35.4 Å². The third-order valence-corrected chi connectivity index (χ3v) is 6.24. The maximum atomic E-state index is 12.7. The average Bonchev–Trinajstić information content (AvgIpc) is 3.09. The molecule has 1 spiro atoms. The number of carbonyl (C=O) groups is 2. The second-order valence-corrected chi connectivity index (χ2v) is 8.57. The predicted molar refractivity (Wildman–Crippen MR) is 113 cm³/mol. The average molecular weight is 462 g/mol. The summed E-state index contributed by atoms with van der Waals surface area (Å²) >= 11 is 0. The minimum atomic E-state index is -4.34. The highest BCUT2D eigenvalue weighted by atomic mass is 19.4. The lowest BCUT2D eigenvalue weighted by Crippen LogP contribution is -2.46. The summed E-state index contributed by atoms with van der Waals surface area (Å²) in [5.41, 5.74) is 0.958. The van der Waals surface area contributed by atoms with Crippen LogP contribution in [-0.4, -0.2) is 54.2 Å². The fourth-order valence-electron chi connectivity index (χ4n) is 4.34. The van der Waals surface area contributed by atoms with Crippen molar-refractivity contribution < 1.29 is 32.2 Å². The van der Waals surface area contributed by atoms with Gasteiger partial charge in [-0.15, -0.1) is 0 Å². The number of hydrogen-bond donors (Lipinski definition) is 0. The van der Waals surface area contributed by atoms with Crippen molar-refractivity contribution in [3.63, 3.8) is 0 Å². The van der Waals surface area contributed by atoms with Gasteiger partial charge >= 0.3 is 18.2 Å². The molecule has 2 heterocycles. The van der Waals surface area contributed by atoms with Gasteiger partial charge in [0.05, 0.1) is 24.8 Å². The molecular formula is C24H25F3N2O4. The van der Waals surface area contributed by atoms with Crippen LogP contribution in [0.2, 0.25) is 0 Å². The van der Waals surface area contributed by atoms with E-state index in [2.05, 4.69) is 4.90 Å². The van der Waals surface area contributed by atoms with Gasteiger partial charge in [0.1, 0.15) is 5.60 Å². The number of carbonyl (C=O) groups excluding carboxylic acids is 2. The molecule has 2 aliphatic rings. The molecule has 6 nitrogen and oxygen atoms in total. The van der Waals surface area contributed by atoms with E-state index in [1.807, 2.05) is 0 Å². The Balaban J connectivity index is 1.30. The Morgan fingerprint density at radius 3 is 2.15 bits per heavy atom. The smallest absolute Gasteiger partial charge is 0.416 e. The number of esters is 1. The highest BCUT2D eigenvalue weighted by Crippen LogP contribution is 2.35. The van der Waals surface area contributed by atoms with Crippen LogP contribution in [0.1, 0.15) is 39.9 Å². The van der Waals surface area contributed by atoms with Crippen molar-refractivity contribution in [3.8, 4) is 0 Å². The van der Waals surface area contributed by atoms with Gasteiger partial charge in [0, 0.05) is 39.0 Å². The largest absolute Gasteiger partial charge is 0.465 e. The minimum absolute atomic E-state index is 0.358. The maximum absolute atomic E-state index is 12.7. The lowest BCUT2D eigenvalue weighted by atomic mass is 9.91. The van der Waals surface area contributed by atoms with E-state index in [0.717, 1.165) is 23.3 Å². The minimum Gasteiger partial charge on any atom is -0.465 e. The molecule has 9 heteroatoms. The molecule has 33 heavy (non-hydrogen) atoms. The molecule has 2 aliphatic heterocycles. The number of amides is 1. The van der Waals surface area contributed by atoms with Crippen LogP contribution >= 0.6 is 0 Å². The lowest BCUT2D eigenvalue weighted by Gasteiger charge is -2.37. The van der Waals surface area contributed by atoms with E-state index < -0.39 is 23.3 Å². The first-order valence-electron chi connectivity index (χ1n) is 10.7. The van der Waals surface area contributed by atoms with Crippen LogP contribution in [0.3, 0.4) is 0 Å². The standard InChI is InChI=1S/C24H25F3N2O4/c1-32-21(30)19-6-2-18(3-7-19)15-29-16-23(33-22(29)31)10-12-28(13-11-23)14-17-4-8-20(9-5-17)24(25,26)27/h2-9H,10-16H2,1H3. The SMILES string of the molecule is COC(=O)c1ccc(CN2CC3(CCN(Cc4ccc(C(F)(F)F)cc4)CC3)OC2=O)cc1. The number of likely N-dealkylation sites (tertiary alicyclic amines) is 1. The van der Waals surface area contributed by atoms with Crippen LogP contribution in [-0.2, 0) is 28.7 Å². The predicted octanol–water partition coefficient (Wildman–Crippen LogP) is 4.48. The van der Waals surface area contributed by atoms with Crippen molar-refractivity contribution in [2.75, 3.05) is 26.7 Å². The highest BCUT2D eigenvalue weighted by Gasteiger charge is 2.46. The molecule has 2 aromatic carbocycles. The van der Waals surface area contributed by atoms with Crippen LogP contribution in [0.5, 0.6) is 0 Å². The fourth-order valence-corrected chi connectivity index (χ4v) is 4.34. The molecule has 4 rings (SSSR count). The molecule has 0 N–H and O–H groups in total. The number of ether oxygens (including phenoxy) is 2. The van der Waals surface area contributed by atoms with Crippen molar-refractivity contribution in [2.24, 2.45) is 0 Å². The number of hydrogen-bond acceptors (Lipinski definition) is 5. The third kappa shape index (κ3) is 5.30. The van der Waals surface area contributed by atoms with Gasteiger partial charge in [-0.25, -0.2) is 9.59 Å². The third-order valence-electron chi connectivity index (χ3n) is 6.24. The molecule has 0 bridgehead atoms. The number of benzene rings is 2. The number of halogens is 3. The fraction of sp³-hybridized carbons (Fsp3) is 0.417. The summed E-state index contributed by atoms with van der Waals surface area (Å²) < 4.78 is 48.7. The van der Waals surface area contributed by atoms with E-state index in [9.17, 15) is 22.8 Å². The van der Waals surface area contributed by atoms with E-state index in [4.69, 9.17) is 9.47 Å². The lowest BCUT2D eigenvalue weighted by molar-refractivity contribution is -0.137. The molecule has 0 aliphatic carbocycles. The van der Waals surface area contributed by atoms with Crippen molar-refractivity contribution in [1.82, 2.24) is 9.80 Å². The topological polar surface area (TPSA) is 59.1 Å². The molecule has 0 atom stereocenters. The molecular weight excluding hydrogens is 437 g/mol. The van der Waals surface area contributed by atoms with E-state index >= 15 is 0 Å². The Hall–Kier alpha value is -3.07. The summed E-state index contributed by atoms with van der Waals surface area (Å²) in [4.78, 5) is 27.9. The summed E-state index contributed by atoms with van der Waals surface area (Å²) in [5.74, 6) is -0.413. The number of rotatable bonds is 5. The Kier molecular flexibility index (Phi) is 6.34. The van der Waals surface area contributed by atoms with E-state index in [1.54, 1.807) is 29.2 Å². The van der Waals surface area contributed by atoms with Crippen molar-refractivity contribution in [1.29, 1.82) is 0 Å². The second-order valence-electron chi connectivity index (χ2n) is 8.57. The van der Waals surface area contributed by atoms with Gasteiger partial charge in [0.25, 0.3) is 0 Å². The van der Waals surface area contributed by atoms with Crippen molar-refractivity contribution in [2.45, 2.75) is 37.7 Å². The van der Waals surface area contributed by atoms with Gasteiger partial charge < -0.3 is 9.47 Å². The van der Waals surface area contributed by atoms with Gasteiger partial charge in [-0.3, -0.25) is 9.80 Å². The van der Waals surface area contributed by atoms with E-state index in [1.165, 1.54) is 19.2 Å². The van der Waals surface area contributed by atoms with Crippen molar-refractivity contribution >= 4 is 12.1 Å². The van der Waals surface area contributed by atoms with Gasteiger partial charge in [-0.2, -0.15) is 13.2 Å². The van der Waals surface area contributed by atoms with Crippen molar-refractivity contribution in [3.05, 3.63) is 70.8 Å². The molecule has 176 valence electrons. The first kappa shape index (κ1) is 23.1. The van der Waals surface area contributed by atoms with Gasteiger partial charge in [0.15, 0.2) is 0 Å². The number of methoxy groups -OCH3 is 1. The Morgan fingerprint density at radius 2 is 1.58 bits per heavy atom. The summed E-state index contributed by atoms with van der Waals surface area (Å²) in [5, 5.41) is 0. The second kappa shape index (κ2) is 9.05. The molecule has 0 radical (unpaired) electrons. The Labute approximate surface area is 189 Å². The summed E-state index contributed by atoms with van der Waals surface area (Å²) in [7, 11) is 1.32. The maximum Gasteiger partial charge on any atom is 0.416 e. The number of alkyl halides is 3. The zero-order valence-corrected chi connectivity index (χ0v) is 18.2. The molecule has 2 fully saturated rings. The summed E-state index contributed by atoms with van der Waals surface area (Å²) in [6.45, 7) is 2.81. The highest BCUT2D eigenvalue weighted by molar-refractivity contribution is 5.89. The molecule has 1 amide bonds. The van der Waals surface area contributed by atoms with Gasteiger partial charge in [0.2, 0.25) is 0 Å². The Bertz CT molecular complexity index is 998.